The number of ether oxygens (including phenoxy) is 2. The molecule has 0 saturated carbocycles. The Morgan fingerprint density at radius 1 is 1.24 bits per heavy atom. The minimum absolute atomic E-state index is 0.238. The Morgan fingerprint density at radius 3 is 2.76 bits per heavy atom. The van der Waals surface area contributed by atoms with Crippen molar-refractivity contribution in [1.82, 2.24) is 4.90 Å². The molecule has 5 nitrogen and oxygen atoms in total. The molecule has 2 aliphatic rings. The number of amides is 2. The third kappa shape index (κ3) is 3.08. The molecule has 0 spiro atoms. The fraction of sp³-hybridized carbons (Fsp3) is 0.500. The molecule has 2 heterocycles. The normalized spacial score (nSPS) is 25.7. The fourth-order valence-corrected chi connectivity index (χ4v) is 2.86. The van der Waals surface area contributed by atoms with E-state index in [-0.39, 0.29) is 18.6 Å². The lowest BCUT2D eigenvalue weighted by molar-refractivity contribution is -0.144. The summed E-state index contributed by atoms with van der Waals surface area (Å²) >= 11 is 0. The van der Waals surface area contributed by atoms with E-state index in [0.29, 0.717) is 19.4 Å². The fourth-order valence-electron chi connectivity index (χ4n) is 2.86. The largest absolute Gasteiger partial charge is 0.447 e. The van der Waals surface area contributed by atoms with Crippen molar-refractivity contribution in [2.45, 2.75) is 37.8 Å². The van der Waals surface area contributed by atoms with Crippen LogP contribution in [0.3, 0.4) is 0 Å². The molecule has 0 aromatic heterocycles. The van der Waals surface area contributed by atoms with Crippen molar-refractivity contribution in [2.75, 3.05) is 13.2 Å². The zero-order valence-corrected chi connectivity index (χ0v) is 11.9. The topological polar surface area (TPSA) is 55.8 Å². The Balaban J connectivity index is 1.71. The number of carbonyl (C=O) groups excluding carboxylic acids is 2. The van der Waals surface area contributed by atoms with Gasteiger partial charge in [0.2, 0.25) is 0 Å². The SMILES string of the molecule is O=C1OCC(Cc2ccccc2)N1C(=O)C1CCCCO1. The van der Waals surface area contributed by atoms with Gasteiger partial charge in [0.25, 0.3) is 5.91 Å². The molecule has 21 heavy (non-hydrogen) atoms. The molecule has 5 heteroatoms. The van der Waals surface area contributed by atoms with Gasteiger partial charge in [-0.1, -0.05) is 30.3 Å². The summed E-state index contributed by atoms with van der Waals surface area (Å²) in [6, 6.07) is 9.58. The van der Waals surface area contributed by atoms with Crippen LogP contribution in [0.4, 0.5) is 4.79 Å². The van der Waals surface area contributed by atoms with Crippen LogP contribution in [-0.2, 0) is 20.7 Å². The van der Waals surface area contributed by atoms with Gasteiger partial charge < -0.3 is 9.47 Å². The first-order valence-electron chi connectivity index (χ1n) is 7.41. The number of rotatable bonds is 3. The van der Waals surface area contributed by atoms with E-state index in [2.05, 4.69) is 0 Å². The maximum Gasteiger partial charge on any atom is 0.417 e. The van der Waals surface area contributed by atoms with Gasteiger partial charge in [0.1, 0.15) is 12.7 Å². The van der Waals surface area contributed by atoms with E-state index in [4.69, 9.17) is 9.47 Å². The van der Waals surface area contributed by atoms with Crippen LogP contribution in [-0.4, -0.2) is 42.3 Å². The van der Waals surface area contributed by atoms with Crippen molar-refractivity contribution in [3.8, 4) is 0 Å². The van der Waals surface area contributed by atoms with Gasteiger partial charge >= 0.3 is 6.09 Å². The number of nitrogens with zero attached hydrogens (tertiary/aromatic N) is 1. The average molecular weight is 289 g/mol. The molecule has 1 aromatic rings. The second-order valence-electron chi connectivity index (χ2n) is 5.48. The highest BCUT2D eigenvalue weighted by molar-refractivity contribution is 5.96. The smallest absolute Gasteiger partial charge is 0.417 e. The Labute approximate surface area is 123 Å². The van der Waals surface area contributed by atoms with Crippen LogP contribution in [0, 0.1) is 0 Å². The highest BCUT2D eigenvalue weighted by atomic mass is 16.6. The molecule has 2 unspecified atom stereocenters. The lowest BCUT2D eigenvalue weighted by Gasteiger charge is -2.27. The van der Waals surface area contributed by atoms with Crippen LogP contribution in [0.2, 0.25) is 0 Å². The summed E-state index contributed by atoms with van der Waals surface area (Å²) in [5, 5.41) is 0. The van der Waals surface area contributed by atoms with Gasteiger partial charge in [-0.05, 0) is 31.2 Å². The van der Waals surface area contributed by atoms with Crippen LogP contribution in [0.1, 0.15) is 24.8 Å². The first kappa shape index (κ1) is 14.1. The first-order chi connectivity index (χ1) is 10.3. The molecular weight excluding hydrogens is 270 g/mol. The van der Waals surface area contributed by atoms with Gasteiger partial charge in [-0.25, -0.2) is 9.69 Å². The van der Waals surface area contributed by atoms with Gasteiger partial charge in [-0.15, -0.1) is 0 Å². The summed E-state index contributed by atoms with van der Waals surface area (Å²) < 4.78 is 10.6. The standard InChI is InChI=1S/C16H19NO4/c18-15(14-8-4-5-9-20-14)17-13(11-21-16(17)19)10-12-6-2-1-3-7-12/h1-3,6-7,13-14H,4-5,8-11H2. The number of carbonyl (C=O) groups is 2. The van der Waals surface area contributed by atoms with Crippen molar-refractivity contribution >= 4 is 12.0 Å². The van der Waals surface area contributed by atoms with E-state index >= 15 is 0 Å². The number of hydrogen-bond donors (Lipinski definition) is 0. The van der Waals surface area contributed by atoms with E-state index in [0.717, 1.165) is 18.4 Å². The molecule has 0 bridgehead atoms. The van der Waals surface area contributed by atoms with Crippen molar-refractivity contribution in [3.05, 3.63) is 35.9 Å². The van der Waals surface area contributed by atoms with Gasteiger partial charge in [0.15, 0.2) is 0 Å². The second kappa shape index (κ2) is 6.26. The highest BCUT2D eigenvalue weighted by Crippen LogP contribution is 2.22. The summed E-state index contributed by atoms with van der Waals surface area (Å²) in [4.78, 5) is 25.7. The Bertz CT molecular complexity index is 510. The van der Waals surface area contributed by atoms with Gasteiger partial charge in [0, 0.05) is 6.61 Å². The summed E-state index contributed by atoms with van der Waals surface area (Å²) in [6.07, 6.45) is 2.19. The Morgan fingerprint density at radius 2 is 2.05 bits per heavy atom. The number of hydrogen-bond acceptors (Lipinski definition) is 4. The van der Waals surface area contributed by atoms with Gasteiger partial charge in [-0.2, -0.15) is 0 Å². The molecular formula is C16H19NO4. The quantitative estimate of drug-likeness (QED) is 0.855. The highest BCUT2D eigenvalue weighted by Gasteiger charge is 2.41. The number of benzene rings is 1. The Hall–Kier alpha value is -1.88. The van der Waals surface area contributed by atoms with Crippen LogP contribution in [0.25, 0.3) is 0 Å². The van der Waals surface area contributed by atoms with E-state index in [1.54, 1.807) is 0 Å². The molecule has 2 aliphatic heterocycles. The average Bonchev–Trinajstić information content (AvgIpc) is 2.89. The maximum atomic E-state index is 12.5. The lowest BCUT2D eigenvalue weighted by Crippen LogP contribution is -2.47. The van der Waals surface area contributed by atoms with Crippen molar-refractivity contribution < 1.29 is 19.1 Å². The monoisotopic (exact) mass is 289 g/mol. The summed E-state index contributed by atoms with van der Waals surface area (Å²) in [6.45, 7) is 0.842. The van der Waals surface area contributed by atoms with Crippen molar-refractivity contribution in [3.63, 3.8) is 0 Å². The van der Waals surface area contributed by atoms with E-state index < -0.39 is 12.2 Å². The lowest BCUT2D eigenvalue weighted by atomic mass is 10.0. The van der Waals surface area contributed by atoms with E-state index in [9.17, 15) is 9.59 Å². The van der Waals surface area contributed by atoms with Gasteiger partial charge in [-0.3, -0.25) is 4.79 Å². The van der Waals surface area contributed by atoms with Crippen LogP contribution in [0.5, 0.6) is 0 Å². The van der Waals surface area contributed by atoms with Crippen LogP contribution < -0.4 is 0 Å². The molecule has 112 valence electrons. The number of imide groups is 1. The zero-order chi connectivity index (χ0) is 14.7. The summed E-state index contributed by atoms with van der Waals surface area (Å²) in [5.41, 5.74) is 1.09. The van der Waals surface area contributed by atoms with E-state index in [1.165, 1.54) is 4.90 Å². The zero-order valence-electron chi connectivity index (χ0n) is 11.9. The molecule has 0 radical (unpaired) electrons. The molecule has 0 N–H and O–H groups in total. The molecule has 2 amide bonds. The molecule has 2 atom stereocenters. The molecule has 2 saturated heterocycles. The predicted octanol–water partition coefficient (Wildman–Crippen LogP) is 2.15. The second-order valence-corrected chi connectivity index (χ2v) is 5.48. The minimum atomic E-state index is -0.546. The predicted molar refractivity (Wildman–Crippen MR) is 75.7 cm³/mol. The Kier molecular flexibility index (Phi) is 4.20. The van der Waals surface area contributed by atoms with Crippen LogP contribution in [0.15, 0.2) is 30.3 Å². The summed E-state index contributed by atoms with van der Waals surface area (Å²) in [7, 11) is 0. The van der Waals surface area contributed by atoms with Crippen molar-refractivity contribution in [1.29, 1.82) is 0 Å². The van der Waals surface area contributed by atoms with E-state index in [1.807, 2.05) is 30.3 Å². The molecule has 3 rings (SSSR count). The third-order valence-electron chi connectivity index (χ3n) is 3.97. The summed E-state index contributed by atoms with van der Waals surface area (Å²) in [5.74, 6) is -0.252. The van der Waals surface area contributed by atoms with Crippen LogP contribution >= 0.6 is 0 Å². The number of cyclic esters (lactones) is 1. The van der Waals surface area contributed by atoms with Gasteiger partial charge in [0.05, 0.1) is 6.04 Å². The first-order valence-corrected chi connectivity index (χ1v) is 7.41. The molecule has 2 fully saturated rings. The minimum Gasteiger partial charge on any atom is -0.447 e. The molecule has 0 aliphatic carbocycles. The molecule has 1 aromatic carbocycles. The third-order valence-corrected chi connectivity index (χ3v) is 3.97. The van der Waals surface area contributed by atoms with Crippen molar-refractivity contribution in [2.24, 2.45) is 0 Å². The maximum absolute atomic E-state index is 12.5.